The number of carbonyl (C=O) groups is 1. The monoisotopic (exact) mass is 450 g/mol. The largest absolute Gasteiger partial charge is 0.495 e. The van der Waals surface area contributed by atoms with Gasteiger partial charge in [-0.2, -0.15) is 0 Å². The summed E-state index contributed by atoms with van der Waals surface area (Å²) in [6.45, 7) is 1.96. The zero-order chi connectivity index (χ0) is 22.5. The SMILES string of the molecule is CC[C@H](C(=O)Nc1ccccc1OC)n1c(SCc2ccc(F)cc2)nc2ccncc21. The van der Waals surface area contributed by atoms with Crippen LogP contribution >= 0.6 is 11.8 Å². The average molecular weight is 451 g/mol. The number of halogens is 1. The van der Waals surface area contributed by atoms with E-state index in [4.69, 9.17) is 9.72 Å². The summed E-state index contributed by atoms with van der Waals surface area (Å²) >= 11 is 1.50. The molecular weight excluding hydrogens is 427 g/mol. The number of aromatic nitrogens is 3. The fourth-order valence-electron chi connectivity index (χ4n) is 3.50. The van der Waals surface area contributed by atoms with Crippen LogP contribution < -0.4 is 10.1 Å². The van der Waals surface area contributed by atoms with Crippen LogP contribution in [0.25, 0.3) is 11.0 Å². The number of hydrogen-bond donors (Lipinski definition) is 1. The van der Waals surface area contributed by atoms with Gasteiger partial charge < -0.3 is 14.6 Å². The lowest BCUT2D eigenvalue weighted by molar-refractivity contribution is -0.119. The van der Waals surface area contributed by atoms with Gasteiger partial charge in [0, 0.05) is 11.9 Å². The number of imidazole rings is 1. The third-order valence-electron chi connectivity index (χ3n) is 5.11. The van der Waals surface area contributed by atoms with Crippen molar-refractivity contribution in [1.29, 1.82) is 0 Å². The number of thioether (sulfide) groups is 1. The Kier molecular flexibility index (Phi) is 6.70. The van der Waals surface area contributed by atoms with Crippen LogP contribution in [0.3, 0.4) is 0 Å². The third kappa shape index (κ3) is 4.60. The molecule has 0 unspecified atom stereocenters. The van der Waals surface area contributed by atoms with Crippen molar-refractivity contribution in [1.82, 2.24) is 14.5 Å². The number of benzene rings is 2. The summed E-state index contributed by atoms with van der Waals surface area (Å²) in [7, 11) is 1.57. The Morgan fingerprint density at radius 2 is 1.97 bits per heavy atom. The van der Waals surface area contributed by atoms with Gasteiger partial charge in [0.15, 0.2) is 5.16 Å². The molecular formula is C24H23FN4O2S. The maximum atomic E-state index is 13.3. The highest BCUT2D eigenvalue weighted by Crippen LogP contribution is 2.32. The highest BCUT2D eigenvalue weighted by Gasteiger charge is 2.25. The zero-order valence-corrected chi connectivity index (χ0v) is 18.6. The highest BCUT2D eigenvalue weighted by molar-refractivity contribution is 7.98. The Morgan fingerprint density at radius 1 is 1.19 bits per heavy atom. The molecule has 1 N–H and O–H groups in total. The first kappa shape index (κ1) is 21.8. The molecule has 6 nitrogen and oxygen atoms in total. The minimum Gasteiger partial charge on any atom is -0.495 e. The molecule has 0 spiro atoms. The number of rotatable bonds is 8. The number of methoxy groups -OCH3 is 1. The Labute approximate surface area is 189 Å². The molecule has 0 aliphatic heterocycles. The molecule has 4 aromatic rings. The molecule has 0 aliphatic rings. The number of ether oxygens (including phenoxy) is 1. The number of hydrogen-bond acceptors (Lipinski definition) is 5. The molecule has 0 saturated carbocycles. The van der Waals surface area contributed by atoms with Gasteiger partial charge in [0.1, 0.15) is 17.6 Å². The Hall–Kier alpha value is -3.39. The summed E-state index contributed by atoms with van der Waals surface area (Å²) in [4.78, 5) is 22.3. The molecule has 0 saturated heterocycles. The first-order valence-corrected chi connectivity index (χ1v) is 11.2. The molecule has 0 bridgehead atoms. The van der Waals surface area contributed by atoms with E-state index in [0.717, 1.165) is 16.6 Å². The summed E-state index contributed by atoms with van der Waals surface area (Å²) < 4.78 is 20.5. The van der Waals surface area contributed by atoms with Crippen molar-refractivity contribution >= 4 is 34.4 Å². The Bertz CT molecular complexity index is 1230. The van der Waals surface area contributed by atoms with Crippen molar-refractivity contribution in [2.75, 3.05) is 12.4 Å². The quantitative estimate of drug-likeness (QED) is 0.361. The van der Waals surface area contributed by atoms with Crippen molar-refractivity contribution < 1.29 is 13.9 Å². The topological polar surface area (TPSA) is 69.0 Å². The molecule has 0 fully saturated rings. The van der Waals surface area contributed by atoms with Crippen LogP contribution in [-0.2, 0) is 10.5 Å². The average Bonchev–Trinajstić information content (AvgIpc) is 3.18. The van der Waals surface area contributed by atoms with Gasteiger partial charge in [0.05, 0.1) is 30.0 Å². The summed E-state index contributed by atoms with van der Waals surface area (Å²) in [6, 6.07) is 15.0. The van der Waals surface area contributed by atoms with Gasteiger partial charge >= 0.3 is 0 Å². The van der Waals surface area contributed by atoms with Gasteiger partial charge in [0.25, 0.3) is 0 Å². The first-order chi connectivity index (χ1) is 15.6. The maximum absolute atomic E-state index is 13.3. The van der Waals surface area contributed by atoms with Crippen molar-refractivity contribution in [2.24, 2.45) is 0 Å². The second-order valence-electron chi connectivity index (χ2n) is 7.16. The van der Waals surface area contributed by atoms with Gasteiger partial charge in [-0.25, -0.2) is 9.37 Å². The fraction of sp³-hybridized carbons (Fsp3) is 0.208. The lowest BCUT2D eigenvalue weighted by Crippen LogP contribution is -2.26. The second-order valence-corrected chi connectivity index (χ2v) is 8.10. The van der Waals surface area contributed by atoms with Crippen molar-refractivity contribution in [3.05, 3.63) is 78.4 Å². The molecule has 1 amide bonds. The summed E-state index contributed by atoms with van der Waals surface area (Å²) in [5, 5.41) is 3.70. The van der Waals surface area contributed by atoms with E-state index in [1.807, 2.05) is 29.7 Å². The molecule has 2 aromatic heterocycles. The molecule has 32 heavy (non-hydrogen) atoms. The van der Waals surface area contributed by atoms with Gasteiger partial charge in [-0.05, 0) is 42.3 Å². The molecule has 0 aliphatic carbocycles. The van der Waals surface area contributed by atoms with E-state index >= 15 is 0 Å². The maximum Gasteiger partial charge on any atom is 0.247 e. The van der Waals surface area contributed by atoms with E-state index in [1.54, 1.807) is 43.8 Å². The van der Waals surface area contributed by atoms with Gasteiger partial charge in [-0.3, -0.25) is 9.78 Å². The third-order valence-corrected chi connectivity index (χ3v) is 6.13. The number of nitrogens with one attached hydrogen (secondary N) is 1. The number of anilines is 1. The van der Waals surface area contributed by atoms with Gasteiger partial charge in [-0.15, -0.1) is 0 Å². The van der Waals surface area contributed by atoms with E-state index in [9.17, 15) is 9.18 Å². The van der Waals surface area contributed by atoms with Crippen LogP contribution in [0.5, 0.6) is 5.75 Å². The summed E-state index contributed by atoms with van der Waals surface area (Å²) in [5.41, 5.74) is 3.14. The second kappa shape index (κ2) is 9.82. The van der Waals surface area contributed by atoms with Crippen molar-refractivity contribution in [2.45, 2.75) is 30.3 Å². The number of pyridine rings is 1. The van der Waals surface area contributed by atoms with E-state index < -0.39 is 6.04 Å². The van der Waals surface area contributed by atoms with E-state index in [2.05, 4.69) is 10.3 Å². The Balaban J connectivity index is 1.66. The standard InChI is InChI=1S/C24H23FN4O2S/c1-3-20(23(30)27-19-6-4-5-7-22(19)31-2)29-21-14-26-13-12-18(21)28-24(29)32-15-16-8-10-17(25)11-9-16/h4-14,20H,3,15H2,1-2H3,(H,27,30)/t20-/m1/s1. The molecule has 1 atom stereocenters. The van der Waals surface area contributed by atoms with Crippen LogP contribution in [0, 0.1) is 5.82 Å². The molecule has 2 aromatic carbocycles. The predicted molar refractivity (Wildman–Crippen MR) is 124 cm³/mol. The first-order valence-electron chi connectivity index (χ1n) is 10.2. The number of para-hydroxylation sites is 2. The normalized spacial score (nSPS) is 12.0. The summed E-state index contributed by atoms with van der Waals surface area (Å²) in [6.07, 6.45) is 3.97. The lowest BCUT2D eigenvalue weighted by Gasteiger charge is -2.20. The number of fused-ring (bicyclic) bond motifs is 1. The predicted octanol–water partition coefficient (Wildman–Crippen LogP) is 5.46. The molecule has 2 heterocycles. The lowest BCUT2D eigenvalue weighted by atomic mass is 10.2. The number of carbonyl (C=O) groups excluding carboxylic acids is 1. The number of nitrogens with zero attached hydrogens (tertiary/aromatic N) is 3. The van der Waals surface area contributed by atoms with Crippen molar-refractivity contribution in [3.63, 3.8) is 0 Å². The van der Waals surface area contributed by atoms with E-state index in [1.165, 1.54) is 23.9 Å². The van der Waals surface area contributed by atoms with Crippen LogP contribution in [0.2, 0.25) is 0 Å². The summed E-state index contributed by atoms with van der Waals surface area (Å²) in [5.74, 6) is 0.764. The van der Waals surface area contributed by atoms with Crippen LogP contribution in [-0.4, -0.2) is 27.6 Å². The minimum absolute atomic E-state index is 0.163. The van der Waals surface area contributed by atoms with E-state index in [0.29, 0.717) is 28.8 Å². The highest BCUT2D eigenvalue weighted by atomic mass is 32.2. The van der Waals surface area contributed by atoms with Crippen LogP contribution in [0.15, 0.2) is 72.1 Å². The minimum atomic E-state index is -0.496. The van der Waals surface area contributed by atoms with Crippen molar-refractivity contribution in [3.8, 4) is 5.75 Å². The molecule has 0 radical (unpaired) electrons. The van der Waals surface area contributed by atoms with Crippen LogP contribution in [0.4, 0.5) is 10.1 Å². The molecule has 4 rings (SSSR count). The van der Waals surface area contributed by atoms with E-state index in [-0.39, 0.29) is 11.7 Å². The fourth-order valence-corrected chi connectivity index (χ4v) is 4.52. The molecule has 164 valence electrons. The Morgan fingerprint density at radius 3 is 2.72 bits per heavy atom. The smallest absolute Gasteiger partial charge is 0.247 e. The zero-order valence-electron chi connectivity index (χ0n) is 17.8. The van der Waals surface area contributed by atoms with Gasteiger partial charge in [0.2, 0.25) is 5.91 Å². The van der Waals surface area contributed by atoms with Gasteiger partial charge in [-0.1, -0.05) is 43.0 Å². The van der Waals surface area contributed by atoms with Crippen LogP contribution in [0.1, 0.15) is 24.9 Å². The number of amides is 1. The molecule has 8 heteroatoms.